The summed E-state index contributed by atoms with van der Waals surface area (Å²) in [6.45, 7) is 7.65. The number of ether oxygens (including phenoxy) is 1. The van der Waals surface area contributed by atoms with Crippen molar-refractivity contribution in [3.63, 3.8) is 0 Å². The molecule has 4 nitrogen and oxygen atoms in total. The molecule has 0 saturated heterocycles. The van der Waals surface area contributed by atoms with Crippen LogP contribution in [0, 0.1) is 0 Å². The first-order valence-electron chi connectivity index (χ1n) is 6.42. The molecule has 100 valence electrons. The van der Waals surface area contributed by atoms with Crippen LogP contribution >= 0.6 is 0 Å². The summed E-state index contributed by atoms with van der Waals surface area (Å²) in [5, 5.41) is 0. The van der Waals surface area contributed by atoms with Gasteiger partial charge in [-0.3, -0.25) is 14.7 Å². The van der Waals surface area contributed by atoms with E-state index in [-0.39, 0.29) is 5.97 Å². The standard InChI is InChI=1S/C14H22N2O2/c1-4-18-14(17)11-16(12(2)3)10-7-13-5-8-15-9-6-13/h5-6,8-9,12H,4,7,10-11H2,1-3H3. The Morgan fingerprint density at radius 2 is 2.06 bits per heavy atom. The maximum atomic E-state index is 11.5. The average Bonchev–Trinajstić information content (AvgIpc) is 2.35. The van der Waals surface area contributed by atoms with E-state index in [1.165, 1.54) is 5.56 Å². The highest BCUT2D eigenvalue weighted by molar-refractivity contribution is 5.71. The van der Waals surface area contributed by atoms with Gasteiger partial charge in [-0.1, -0.05) is 0 Å². The minimum Gasteiger partial charge on any atom is -0.465 e. The zero-order valence-electron chi connectivity index (χ0n) is 11.4. The molecule has 0 aromatic carbocycles. The van der Waals surface area contributed by atoms with Gasteiger partial charge in [0, 0.05) is 25.0 Å². The van der Waals surface area contributed by atoms with Crippen molar-refractivity contribution >= 4 is 5.97 Å². The largest absolute Gasteiger partial charge is 0.465 e. The lowest BCUT2D eigenvalue weighted by Crippen LogP contribution is -2.37. The number of esters is 1. The normalized spacial score (nSPS) is 10.9. The van der Waals surface area contributed by atoms with Crippen LogP contribution in [-0.4, -0.2) is 41.6 Å². The minimum atomic E-state index is -0.152. The Hall–Kier alpha value is -1.42. The number of carbonyl (C=O) groups is 1. The fourth-order valence-electron chi connectivity index (χ4n) is 1.71. The molecule has 1 aromatic heterocycles. The van der Waals surface area contributed by atoms with Crippen LogP contribution in [0.15, 0.2) is 24.5 Å². The molecule has 1 aromatic rings. The molecule has 0 saturated carbocycles. The molecule has 0 spiro atoms. The molecule has 0 atom stereocenters. The lowest BCUT2D eigenvalue weighted by molar-refractivity contribution is -0.144. The van der Waals surface area contributed by atoms with E-state index in [0.29, 0.717) is 19.2 Å². The van der Waals surface area contributed by atoms with E-state index in [1.54, 1.807) is 12.4 Å². The number of hydrogen-bond acceptors (Lipinski definition) is 4. The summed E-state index contributed by atoms with van der Waals surface area (Å²) in [5.41, 5.74) is 1.24. The Labute approximate surface area is 109 Å². The van der Waals surface area contributed by atoms with Crippen LogP contribution in [0.5, 0.6) is 0 Å². The van der Waals surface area contributed by atoms with E-state index in [1.807, 2.05) is 19.1 Å². The Balaban J connectivity index is 2.46. The van der Waals surface area contributed by atoms with E-state index in [2.05, 4.69) is 23.7 Å². The molecule has 0 aliphatic rings. The third-order valence-electron chi connectivity index (χ3n) is 2.80. The van der Waals surface area contributed by atoms with Crippen molar-refractivity contribution in [1.82, 2.24) is 9.88 Å². The first-order chi connectivity index (χ1) is 8.63. The molecule has 4 heteroatoms. The second-order valence-corrected chi connectivity index (χ2v) is 4.47. The van der Waals surface area contributed by atoms with Crippen molar-refractivity contribution in [1.29, 1.82) is 0 Å². The van der Waals surface area contributed by atoms with Crippen molar-refractivity contribution < 1.29 is 9.53 Å². The van der Waals surface area contributed by atoms with Crippen molar-refractivity contribution in [2.24, 2.45) is 0 Å². The highest BCUT2D eigenvalue weighted by Crippen LogP contribution is 2.04. The van der Waals surface area contributed by atoms with Crippen molar-refractivity contribution in [3.8, 4) is 0 Å². The average molecular weight is 250 g/mol. The van der Waals surface area contributed by atoms with Crippen LogP contribution in [0.2, 0.25) is 0 Å². The Morgan fingerprint density at radius 3 is 2.61 bits per heavy atom. The van der Waals surface area contributed by atoms with Gasteiger partial charge in [-0.2, -0.15) is 0 Å². The Bertz CT molecular complexity index is 352. The third-order valence-corrected chi connectivity index (χ3v) is 2.80. The number of carbonyl (C=O) groups excluding carboxylic acids is 1. The maximum Gasteiger partial charge on any atom is 0.320 e. The van der Waals surface area contributed by atoms with Gasteiger partial charge in [0.25, 0.3) is 0 Å². The van der Waals surface area contributed by atoms with Gasteiger partial charge >= 0.3 is 5.97 Å². The quantitative estimate of drug-likeness (QED) is 0.693. The molecule has 0 N–H and O–H groups in total. The topological polar surface area (TPSA) is 42.4 Å². The van der Waals surface area contributed by atoms with E-state index < -0.39 is 0 Å². The van der Waals surface area contributed by atoms with Crippen LogP contribution in [0.4, 0.5) is 0 Å². The van der Waals surface area contributed by atoms with E-state index >= 15 is 0 Å². The number of rotatable bonds is 7. The van der Waals surface area contributed by atoms with Gasteiger partial charge in [-0.25, -0.2) is 0 Å². The third kappa shape index (κ3) is 5.27. The van der Waals surface area contributed by atoms with Crippen LogP contribution in [0.1, 0.15) is 26.3 Å². The summed E-state index contributed by atoms with van der Waals surface area (Å²) in [7, 11) is 0. The number of nitrogens with zero attached hydrogens (tertiary/aromatic N) is 2. The summed E-state index contributed by atoms with van der Waals surface area (Å²) >= 11 is 0. The lowest BCUT2D eigenvalue weighted by atomic mass is 10.2. The molecular weight excluding hydrogens is 228 g/mol. The number of hydrogen-bond donors (Lipinski definition) is 0. The van der Waals surface area contributed by atoms with E-state index in [9.17, 15) is 4.79 Å². The zero-order valence-corrected chi connectivity index (χ0v) is 11.4. The molecule has 0 unspecified atom stereocenters. The van der Waals surface area contributed by atoms with Gasteiger partial charge in [0.2, 0.25) is 0 Å². The number of pyridine rings is 1. The zero-order chi connectivity index (χ0) is 13.4. The number of aromatic nitrogens is 1. The van der Waals surface area contributed by atoms with Gasteiger partial charge < -0.3 is 4.74 Å². The van der Waals surface area contributed by atoms with Gasteiger partial charge in [0.15, 0.2) is 0 Å². The molecule has 0 aliphatic carbocycles. The predicted octanol–water partition coefficient (Wildman–Crippen LogP) is 1.90. The predicted molar refractivity (Wildman–Crippen MR) is 71.3 cm³/mol. The lowest BCUT2D eigenvalue weighted by Gasteiger charge is -2.25. The summed E-state index contributed by atoms with van der Waals surface area (Å²) in [5.74, 6) is -0.152. The van der Waals surface area contributed by atoms with Crippen molar-refractivity contribution in [3.05, 3.63) is 30.1 Å². The molecule has 1 heterocycles. The fourth-order valence-corrected chi connectivity index (χ4v) is 1.71. The van der Waals surface area contributed by atoms with E-state index in [0.717, 1.165) is 13.0 Å². The van der Waals surface area contributed by atoms with Gasteiger partial charge in [-0.05, 0) is 44.9 Å². The minimum absolute atomic E-state index is 0.152. The maximum absolute atomic E-state index is 11.5. The molecule has 0 radical (unpaired) electrons. The summed E-state index contributed by atoms with van der Waals surface area (Å²) < 4.78 is 4.98. The summed E-state index contributed by atoms with van der Waals surface area (Å²) in [6.07, 6.45) is 4.50. The van der Waals surface area contributed by atoms with Crippen LogP contribution < -0.4 is 0 Å². The second kappa shape index (κ2) is 7.82. The molecule has 18 heavy (non-hydrogen) atoms. The fraction of sp³-hybridized carbons (Fsp3) is 0.571. The Morgan fingerprint density at radius 1 is 1.39 bits per heavy atom. The highest BCUT2D eigenvalue weighted by Gasteiger charge is 2.14. The van der Waals surface area contributed by atoms with Gasteiger partial charge in [-0.15, -0.1) is 0 Å². The summed E-state index contributed by atoms with van der Waals surface area (Å²) in [6, 6.07) is 4.34. The van der Waals surface area contributed by atoms with Crippen molar-refractivity contribution in [2.75, 3.05) is 19.7 Å². The molecule has 0 bridgehead atoms. The highest BCUT2D eigenvalue weighted by atomic mass is 16.5. The SMILES string of the molecule is CCOC(=O)CN(CCc1ccncc1)C(C)C. The monoisotopic (exact) mass is 250 g/mol. The first-order valence-corrected chi connectivity index (χ1v) is 6.42. The second-order valence-electron chi connectivity index (χ2n) is 4.47. The Kier molecular flexibility index (Phi) is 6.36. The van der Waals surface area contributed by atoms with Crippen molar-refractivity contribution in [2.45, 2.75) is 33.2 Å². The molecule has 0 aliphatic heterocycles. The molecule has 1 rings (SSSR count). The van der Waals surface area contributed by atoms with Crippen LogP contribution in [-0.2, 0) is 16.0 Å². The van der Waals surface area contributed by atoms with Gasteiger partial charge in [0.1, 0.15) is 0 Å². The molecule has 0 amide bonds. The van der Waals surface area contributed by atoms with Gasteiger partial charge in [0.05, 0.1) is 13.2 Å². The van der Waals surface area contributed by atoms with Crippen LogP contribution in [0.3, 0.4) is 0 Å². The van der Waals surface area contributed by atoms with Crippen LogP contribution in [0.25, 0.3) is 0 Å². The first kappa shape index (κ1) is 14.6. The molecular formula is C14H22N2O2. The smallest absolute Gasteiger partial charge is 0.320 e. The van der Waals surface area contributed by atoms with E-state index in [4.69, 9.17) is 4.74 Å². The molecule has 0 fully saturated rings. The summed E-state index contributed by atoms with van der Waals surface area (Å²) in [4.78, 5) is 17.6.